The Morgan fingerprint density at radius 1 is 1.07 bits per heavy atom. The Morgan fingerprint density at radius 3 is 2.52 bits per heavy atom. The number of aromatic nitrogens is 2. The monoisotopic (exact) mass is 382 g/mol. The fourth-order valence-electron chi connectivity index (χ4n) is 2.42. The highest BCUT2D eigenvalue weighted by Gasteiger charge is 2.09. The lowest BCUT2D eigenvalue weighted by atomic mass is 9.99. The summed E-state index contributed by atoms with van der Waals surface area (Å²) in [4.78, 5) is 12.0. The van der Waals surface area contributed by atoms with Crippen LogP contribution in [0.15, 0.2) is 54.6 Å². The summed E-state index contributed by atoms with van der Waals surface area (Å²) in [7, 11) is 0. The molecule has 0 unspecified atom stereocenters. The van der Waals surface area contributed by atoms with Gasteiger partial charge in [0, 0.05) is 5.69 Å². The highest BCUT2D eigenvalue weighted by Crippen LogP contribution is 2.23. The van der Waals surface area contributed by atoms with Crippen LogP contribution in [0.5, 0.6) is 5.75 Å². The Labute approximate surface area is 162 Å². The molecule has 3 rings (SSSR count). The molecule has 1 heterocycles. The minimum absolute atomic E-state index is 0.308. The van der Waals surface area contributed by atoms with Gasteiger partial charge in [0.05, 0.1) is 0 Å². The Morgan fingerprint density at radius 2 is 1.81 bits per heavy atom. The summed E-state index contributed by atoms with van der Waals surface area (Å²) in [6.07, 6.45) is 1.11. The molecule has 0 fully saturated rings. The molecule has 1 atom stereocenters. The second-order valence-corrected chi connectivity index (χ2v) is 7.18. The van der Waals surface area contributed by atoms with Gasteiger partial charge in [-0.15, -0.1) is 10.2 Å². The quantitative estimate of drug-likeness (QED) is 0.583. The number of nitrogens with one attached hydrogen (secondary N) is 2. The Kier molecular flexibility index (Phi) is 6.38. The standard InChI is InChI=1S/C20H22N4O2S/c1-3-14(2)15-9-11-17(12-10-15)26-13-18-23-24-20(27-18)22-19(25)21-16-7-5-4-6-8-16/h4-12,14H,3,13H2,1-2H3,(H2,21,22,24,25)/t14-/m1/s1. The number of rotatable bonds is 7. The average Bonchev–Trinajstić information content (AvgIpc) is 3.14. The van der Waals surface area contributed by atoms with Crippen molar-refractivity contribution in [1.82, 2.24) is 10.2 Å². The number of para-hydroxylation sites is 1. The van der Waals surface area contributed by atoms with Crippen LogP contribution in [0, 0.1) is 0 Å². The van der Waals surface area contributed by atoms with Crippen LogP contribution in [-0.2, 0) is 6.61 Å². The van der Waals surface area contributed by atoms with E-state index in [1.165, 1.54) is 16.9 Å². The van der Waals surface area contributed by atoms with Crippen LogP contribution in [0.2, 0.25) is 0 Å². The van der Waals surface area contributed by atoms with E-state index in [1.807, 2.05) is 42.5 Å². The number of urea groups is 1. The molecule has 7 heteroatoms. The molecule has 0 saturated carbocycles. The minimum atomic E-state index is -0.356. The highest BCUT2D eigenvalue weighted by molar-refractivity contribution is 7.15. The third-order valence-corrected chi connectivity index (χ3v) is 4.95. The number of benzene rings is 2. The number of carbonyl (C=O) groups is 1. The van der Waals surface area contributed by atoms with Crippen LogP contribution >= 0.6 is 11.3 Å². The fourth-order valence-corrected chi connectivity index (χ4v) is 3.06. The predicted octanol–water partition coefficient (Wildman–Crippen LogP) is 5.27. The summed E-state index contributed by atoms with van der Waals surface area (Å²) < 4.78 is 5.75. The van der Waals surface area contributed by atoms with Gasteiger partial charge in [0.1, 0.15) is 12.4 Å². The summed E-state index contributed by atoms with van der Waals surface area (Å²) in [6.45, 7) is 4.69. The molecule has 6 nitrogen and oxygen atoms in total. The number of ether oxygens (including phenoxy) is 1. The second kappa shape index (κ2) is 9.14. The fraction of sp³-hybridized carbons (Fsp3) is 0.250. The van der Waals surface area contributed by atoms with Gasteiger partial charge in [-0.25, -0.2) is 4.79 Å². The highest BCUT2D eigenvalue weighted by atomic mass is 32.1. The zero-order chi connectivity index (χ0) is 19.1. The summed E-state index contributed by atoms with van der Waals surface area (Å²) >= 11 is 1.28. The molecule has 2 N–H and O–H groups in total. The molecule has 140 valence electrons. The molecule has 27 heavy (non-hydrogen) atoms. The Bertz CT molecular complexity index is 865. The van der Waals surface area contributed by atoms with Crippen LogP contribution in [0.4, 0.5) is 15.6 Å². The van der Waals surface area contributed by atoms with Crippen molar-refractivity contribution < 1.29 is 9.53 Å². The first kappa shape index (κ1) is 18.8. The minimum Gasteiger partial charge on any atom is -0.486 e. The lowest BCUT2D eigenvalue weighted by Crippen LogP contribution is -2.19. The molecule has 0 radical (unpaired) electrons. The van der Waals surface area contributed by atoms with Crippen molar-refractivity contribution in [2.24, 2.45) is 0 Å². The van der Waals surface area contributed by atoms with Gasteiger partial charge < -0.3 is 10.1 Å². The van der Waals surface area contributed by atoms with Crippen LogP contribution in [0.3, 0.4) is 0 Å². The van der Waals surface area contributed by atoms with E-state index in [1.54, 1.807) is 0 Å². The normalized spacial score (nSPS) is 11.6. The van der Waals surface area contributed by atoms with Gasteiger partial charge >= 0.3 is 6.03 Å². The topological polar surface area (TPSA) is 76.1 Å². The second-order valence-electron chi connectivity index (χ2n) is 6.11. The first-order valence-electron chi connectivity index (χ1n) is 8.82. The summed E-state index contributed by atoms with van der Waals surface area (Å²) in [5.41, 5.74) is 2.01. The lowest BCUT2D eigenvalue weighted by Gasteiger charge is -2.10. The molecular formula is C20H22N4O2S. The molecule has 0 aliphatic carbocycles. The van der Waals surface area contributed by atoms with Gasteiger partial charge in [0.25, 0.3) is 0 Å². The largest absolute Gasteiger partial charge is 0.486 e. The van der Waals surface area contributed by atoms with E-state index >= 15 is 0 Å². The van der Waals surface area contributed by atoms with Crippen molar-refractivity contribution in [3.05, 3.63) is 65.2 Å². The van der Waals surface area contributed by atoms with Crippen LogP contribution in [0.25, 0.3) is 0 Å². The maximum Gasteiger partial charge on any atom is 0.325 e. The molecule has 0 aliphatic heterocycles. The first-order valence-corrected chi connectivity index (χ1v) is 9.64. The van der Waals surface area contributed by atoms with Crippen molar-refractivity contribution in [2.45, 2.75) is 32.8 Å². The molecule has 3 aromatic rings. The molecule has 0 bridgehead atoms. The third-order valence-electron chi connectivity index (χ3n) is 4.14. The SMILES string of the molecule is CC[C@@H](C)c1ccc(OCc2nnc(NC(=O)Nc3ccccc3)s2)cc1. The van der Waals surface area contributed by atoms with Crippen molar-refractivity contribution in [2.75, 3.05) is 10.6 Å². The Balaban J connectivity index is 1.50. The van der Waals surface area contributed by atoms with E-state index < -0.39 is 0 Å². The van der Waals surface area contributed by atoms with Gasteiger partial charge in [-0.2, -0.15) is 0 Å². The van der Waals surface area contributed by atoms with Crippen molar-refractivity contribution >= 4 is 28.2 Å². The maximum absolute atomic E-state index is 12.0. The summed E-state index contributed by atoms with van der Waals surface area (Å²) in [6, 6.07) is 17.0. The molecule has 2 aromatic carbocycles. The van der Waals surface area contributed by atoms with Gasteiger partial charge in [-0.1, -0.05) is 55.5 Å². The van der Waals surface area contributed by atoms with E-state index in [-0.39, 0.29) is 6.03 Å². The molecule has 0 spiro atoms. The summed E-state index contributed by atoms with van der Waals surface area (Å²) in [5, 5.41) is 14.6. The molecule has 2 amide bonds. The maximum atomic E-state index is 12.0. The molecule has 0 aliphatic rings. The van der Waals surface area contributed by atoms with Gasteiger partial charge in [0.15, 0.2) is 5.01 Å². The lowest BCUT2D eigenvalue weighted by molar-refractivity contribution is 0.262. The van der Waals surface area contributed by atoms with Crippen molar-refractivity contribution in [3.63, 3.8) is 0 Å². The van der Waals surface area contributed by atoms with Crippen LogP contribution in [-0.4, -0.2) is 16.2 Å². The molecule has 1 aromatic heterocycles. The number of carbonyl (C=O) groups excluding carboxylic acids is 1. The smallest absolute Gasteiger partial charge is 0.325 e. The van der Waals surface area contributed by atoms with Crippen LogP contribution in [0.1, 0.15) is 36.8 Å². The molecule has 0 saturated heterocycles. The van der Waals surface area contributed by atoms with Gasteiger partial charge in [0.2, 0.25) is 5.13 Å². The predicted molar refractivity (Wildman–Crippen MR) is 108 cm³/mol. The number of hydrogen-bond donors (Lipinski definition) is 2. The van der Waals surface area contributed by atoms with E-state index in [4.69, 9.17) is 4.74 Å². The molecular weight excluding hydrogens is 360 g/mol. The van der Waals surface area contributed by atoms with Gasteiger partial charge in [-0.3, -0.25) is 5.32 Å². The first-order chi connectivity index (χ1) is 13.1. The summed E-state index contributed by atoms with van der Waals surface area (Å²) in [5.74, 6) is 1.33. The van der Waals surface area contributed by atoms with E-state index in [9.17, 15) is 4.79 Å². The zero-order valence-corrected chi connectivity index (χ0v) is 16.1. The van der Waals surface area contributed by atoms with E-state index in [0.29, 0.717) is 28.4 Å². The zero-order valence-electron chi connectivity index (χ0n) is 15.3. The van der Waals surface area contributed by atoms with Crippen molar-refractivity contribution in [1.29, 1.82) is 0 Å². The van der Waals surface area contributed by atoms with E-state index in [2.05, 4.69) is 46.8 Å². The number of anilines is 2. The number of amides is 2. The number of nitrogens with zero attached hydrogens (tertiary/aromatic N) is 2. The van der Waals surface area contributed by atoms with Crippen LogP contribution < -0.4 is 15.4 Å². The number of hydrogen-bond acceptors (Lipinski definition) is 5. The average molecular weight is 382 g/mol. The Hall–Kier alpha value is -2.93. The van der Waals surface area contributed by atoms with E-state index in [0.717, 1.165) is 12.2 Å². The van der Waals surface area contributed by atoms with Crippen molar-refractivity contribution in [3.8, 4) is 5.75 Å². The third kappa shape index (κ3) is 5.52. The van der Waals surface area contributed by atoms with Gasteiger partial charge in [-0.05, 0) is 42.2 Å².